The molecular formula is C16H10ClF7N2O. The second kappa shape index (κ2) is 6.99. The smallest absolute Gasteiger partial charge is 0.322 e. The van der Waals surface area contributed by atoms with Crippen molar-refractivity contribution in [2.75, 3.05) is 5.32 Å². The SMILES string of the molecule is Cc1cc(C(F)(F)C(F)(F)C(F)(F)F)ccc1NC(=O)c1ccnc(Cl)c1. The van der Waals surface area contributed by atoms with Gasteiger partial charge in [0.05, 0.1) is 0 Å². The van der Waals surface area contributed by atoms with Crippen molar-refractivity contribution in [1.82, 2.24) is 4.98 Å². The standard InChI is InChI=1S/C16H10ClF7N2O/c1-8-6-10(14(18,19)15(20,21)16(22,23)24)2-3-11(8)26-13(27)9-4-5-25-12(17)7-9/h2-7H,1H3,(H,26,27). The summed E-state index contributed by atoms with van der Waals surface area (Å²) >= 11 is 5.64. The van der Waals surface area contributed by atoms with Crippen molar-refractivity contribution in [3.63, 3.8) is 0 Å². The van der Waals surface area contributed by atoms with Gasteiger partial charge in [0.2, 0.25) is 0 Å². The van der Waals surface area contributed by atoms with Gasteiger partial charge in [0, 0.05) is 23.0 Å². The highest BCUT2D eigenvalue weighted by atomic mass is 35.5. The number of amides is 1. The van der Waals surface area contributed by atoms with Crippen molar-refractivity contribution in [3.8, 4) is 0 Å². The number of halogens is 8. The Hall–Kier alpha value is -2.36. The minimum Gasteiger partial charge on any atom is -0.322 e. The van der Waals surface area contributed by atoms with Crippen LogP contribution < -0.4 is 5.32 Å². The van der Waals surface area contributed by atoms with Crippen LogP contribution in [0.4, 0.5) is 36.4 Å². The number of rotatable bonds is 4. The van der Waals surface area contributed by atoms with Crippen molar-refractivity contribution in [1.29, 1.82) is 0 Å². The van der Waals surface area contributed by atoms with Gasteiger partial charge >= 0.3 is 18.0 Å². The third kappa shape index (κ3) is 4.00. The first-order valence-electron chi connectivity index (χ1n) is 7.14. The Balaban J connectivity index is 2.31. The predicted octanol–water partition coefficient (Wildman–Crippen LogP) is 5.59. The fourth-order valence-corrected chi connectivity index (χ4v) is 2.27. The molecule has 0 aliphatic heterocycles. The Morgan fingerprint density at radius 3 is 2.19 bits per heavy atom. The molecule has 27 heavy (non-hydrogen) atoms. The molecule has 0 radical (unpaired) electrons. The van der Waals surface area contributed by atoms with Gasteiger partial charge < -0.3 is 5.32 Å². The van der Waals surface area contributed by atoms with Crippen molar-refractivity contribution in [2.45, 2.75) is 24.9 Å². The maximum Gasteiger partial charge on any atom is 0.460 e. The van der Waals surface area contributed by atoms with Gasteiger partial charge in [-0.2, -0.15) is 30.7 Å². The van der Waals surface area contributed by atoms with Crippen LogP contribution in [-0.4, -0.2) is 23.0 Å². The first-order valence-corrected chi connectivity index (χ1v) is 7.51. The Morgan fingerprint density at radius 2 is 1.67 bits per heavy atom. The Kier molecular flexibility index (Phi) is 5.42. The minimum atomic E-state index is -6.43. The van der Waals surface area contributed by atoms with Gasteiger partial charge in [-0.25, -0.2) is 4.98 Å². The van der Waals surface area contributed by atoms with Crippen LogP contribution in [-0.2, 0) is 5.92 Å². The Morgan fingerprint density at radius 1 is 1.04 bits per heavy atom. The van der Waals surface area contributed by atoms with Crippen LogP contribution in [0.5, 0.6) is 0 Å². The molecule has 11 heteroatoms. The number of alkyl halides is 7. The molecule has 0 fully saturated rings. The third-order valence-corrected chi connectivity index (χ3v) is 3.78. The largest absolute Gasteiger partial charge is 0.460 e. The zero-order valence-electron chi connectivity index (χ0n) is 13.3. The highest BCUT2D eigenvalue weighted by Gasteiger charge is 2.73. The molecule has 0 aliphatic rings. The summed E-state index contributed by atoms with van der Waals surface area (Å²) in [7, 11) is 0. The summed E-state index contributed by atoms with van der Waals surface area (Å²) in [5, 5.41) is 2.34. The van der Waals surface area contributed by atoms with Crippen LogP contribution in [0.15, 0.2) is 36.5 Å². The summed E-state index contributed by atoms with van der Waals surface area (Å²) in [5.41, 5.74) is -1.65. The Bertz CT molecular complexity index is 868. The van der Waals surface area contributed by atoms with E-state index in [4.69, 9.17) is 11.6 Å². The maximum atomic E-state index is 13.7. The van der Waals surface area contributed by atoms with E-state index >= 15 is 0 Å². The van der Waals surface area contributed by atoms with Crippen LogP contribution in [0.2, 0.25) is 5.15 Å². The predicted molar refractivity (Wildman–Crippen MR) is 83.3 cm³/mol. The Labute approximate surface area is 153 Å². The van der Waals surface area contributed by atoms with Crippen LogP contribution in [0.25, 0.3) is 0 Å². The molecule has 0 saturated carbocycles. The number of hydrogen-bond acceptors (Lipinski definition) is 2. The van der Waals surface area contributed by atoms with E-state index in [1.54, 1.807) is 0 Å². The van der Waals surface area contributed by atoms with E-state index in [1.165, 1.54) is 25.3 Å². The van der Waals surface area contributed by atoms with E-state index < -0.39 is 29.5 Å². The van der Waals surface area contributed by atoms with Gasteiger partial charge in [0.15, 0.2) is 0 Å². The summed E-state index contributed by atoms with van der Waals surface area (Å²) in [6.07, 6.45) is -5.19. The number of carbonyl (C=O) groups excluding carboxylic acids is 1. The van der Waals surface area contributed by atoms with Gasteiger partial charge in [0.25, 0.3) is 5.91 Å². The molecule has 0 saturated heterocycles. The molecule has 2 rings (SSSR count). The van der Waals surface area contributed by atoms with Crippen LogP contribution >= 0.6 is 11.6 Å². The number of hydrogen-bond donors (Lipinski definition) is 1. The quantitative estimate of drug-likeness (QED) is 0.524. The fraction of sp³-hybridized carbons (Fsp3) is 0.250. The average molecular weight is 415 g/mol. The molecule has 0 atom stereocenters. The summed E-state index contributed by atoms with van der Waals surface area (Å²) in [6, 6.07) is 4.18. The molecule has 2 aromatic rings. The van der Waals surface area contributed by atoms with Crippen LogP contribution in [0.3, 0.4) is 0 Å². The van der Waals surface area contributed by atoms with Crippen LogP contribution in [0.1, 0.15) is 21.5 Å². The number of pyridine rings is 1. The topological polar surface area (TPSA) is 42.0 Å². The highest BCUT2D eigenvalue weighted by molar-refractivity contribution is 6.29. The van der Waals surface area contributed by atoms with Gasteiger partial charge in [-0.1, -0.05) is 17.7 Å². The fourth-order valence-electron chi connectivity index (χ4n) is 2.10. The molecule has 1 N–H and O–H groups in total. The molecule has 0 unspecified atom stereocenters. The number of nitrogens with one attached hydrogen (secondary N) is 1. The van der Waals surface area contributed by atoms with E-state index in [0.29, 0.717) is 12.1 Å². The number of aromatic nitrogens is 1. The van der Waals surface area contributed by atoms with Crippen molar-refractivity contribution < 1.29 is 35.5 Å². The summed E-state index contributed by atoms with van der Waals surface area (Å²) < 4.78 is 90.6. The zero-order chi connectivity index (χ0) is 20.6. The monoisotopic (exact) mass is 414 g/mol. The maximum absolute atomic E-state index is 13.7. The van der Waals surface area contributed by atoms with Crippen molar-refractivity contribution in [3.05, 3.63) is 58.4 Å². The molecule has 1 heterocycles. The number of benzene rings is 1. The first-order chi connectivity index (χ1) is 12.3. The molecule has 1 aromatic carbocycles. The molecular weight excluding hydrogens is 405 g/mol. The molecule has 1 aromatic heterocycles. The summed E-state index contributed by atoms with van der Waals surface area (Å²) in [4.78, 5) is 15.7. The van der Waals surface area contributed by atoms with E-state index in [2.05, 4.69) is 10.3 Å². The van der Waals surface area contributed by atoms with Gasteiger partial charge in [0.1, 0.15) is 5.15 Å². The lowest BCUT2D eigenvalue weighted by Gasteiger charge is -2.28. The van der Waals surface area contributed by atoms with E-state index in [9.17, 15) is 35.5 Å². The molecule has 0 bridgehead atoms. The lowest BCUT2D eigenvalue weighted by Crippen LogP contribution is -2.50. The lowest BCUT2D eigenvalue weighted by atomic mass is 9.99. The normalized spacial score (nSPS) is 12.8. The van der Waals surface area contributed by atoms with E-state index in [1.807, 2.05) is 0 Å². The van der Waals surface area contributed by atoms with Gasteiger partial charge in [-0.3, -0.25) is 4.79 Å². The number of carbonyl (C=O) groups is 1. The molecule has 0 aliphatic carbocycles. The highest BCUT2D eigenvalue weighted by Crippen LogP contribution is 2.52. The number of nitrogens with zero attached hydrogens (tertiary/aromatic N) is 1. The molecule has 3 nitrogen and oxygen atoms in total. The van der Waals surface area contributed by atoms with E-state index in [0.717, 1.165) is 6.07 Å². The second-order valence-corrected chi connectivity index (χ2v) is 5.88. The van der Waals surface area contributed by atoms with E-state index in [-0.39, 0.29) is 22.0 Å². The molecule has 146 valence electrons. The van der Waals surface area contributed by atoms with Gasteiger partial charge in [-0.05, 0) is 36.8 Å². The van der Waals surface area contributed by atoms with Gasteiger partial charge in [-0.15, -0.1) is 0 Å². The average Bonchev–Trinajstić information content (AvgIpc) is 2.55. The first kappa shape index (κ1) is 20.9. The van der Waals surface area contributed by atoms with Crippen molar-refractivity contribution >= 4 is 23.2 Å². The molecule has 1 amide bonds. The summed E-state index contributed by atoms with van der Waals surface area (Å²) in [6.45, 7) is 1.17. The third-order valence-electron chi connectivity index (χ3n) is 3.58. The minimum absolute atomic E-state index is 0.0174. The summed E-state index contributed by atoms with van der Waals surface area (Å²) in [5.74, 6) is -12.5. The molecule has 0 spiro atoms. The van der Waals surface area contributed by atoms with Crippen molar-refractivity contribution in [2.24, 2.45) is 0 Å². The number of aryl methyl sites for hydroxylation is 1. The zero-order valence-corrected chi connectivity index (χ0v) is 14.1. The number of anilines is 1. The second-order valence-electron chi connectivity index (χ2n) is 5.50. The van der Waals surface area contributed by atoms with Crippen LogP contribution in [0, 0.1) is 6.92 Å². The lowest BCUT2D eigenvalue weighted by molar-refractivity contribution is -0.359.